The van der Waals surface area contributed by atoms with E-state index >= 15 is 0 Å². The molecule has 2 N–H and O–H groups in total. The van der Waals surface area contributed by atoms with Gasteiger partial charge in [-0.1, -0.05) is 23.2 Å². The average Bonchev–Trinajstić information content (AvgIpc) is 2.40. The van der Waals surface area contributed by atoms with Gasteiger partial charge in [0.15, 0.2) is 0 Å². The summed E-state index contributed by atoms with van der Waals surface area (Å²) in [6.45, 7) is 1.65. The number of aromatic hydroxyl groups is 1. The summed E-state index contributed by atoms with van der Waals surface area (Å²) in [6.07, 6.45) is 0. The molecule has 0 aliphatic rings. The Morgan fingerprint density at radius 2 is 1.90 bits per heavy atom. The zero-order valence-electron chi connectivity index (χ0n) is 11.3. The van der Waals surface area contributed by atoms with Crippen molar-refractivity contribution in [2.24, 2.45) is 7.05 Å². The Morgan fingerprint density at radius 1 is 1.24 bits per heavy atom. The number of nitrogens with one attached hydrogen (secondary N) is 1. The number of anilines is 1. The molecule has 0 saturated heterocycles. The summed E-state index contributed by atoms with van der Waals surface area (Å²) < 4.78 is 1.28. The van der Waals surface area contributed by atoms with Crippen LogP contribution < -0.4 is 10.9 Å². The summed E-state index contributed by atoms with van der Waals surface area (Å²) in [4.78, 5) is 24.2. The van der Waals surface area contributed by atoms with Crippen molar-refractivity contribution < 1.29 is 9.90 Å². The molecule has 1 amide bonds. The highest BCUT2D eigenvalue weighted by Crippen LogP contribution is 2.25. The van der Waals surface area contributed by atoms with Crippen LogP contribution in [0.2, 0.25) is 10.0 Å². The van der Waals surface area contributed by atoms with E-state index in [1.165, 1.54) is 29.8 Å². The van der Waals surface area contributed by atoms with Crippen LogP contribution in [0.4, 0.5) is 5.69 Å². The molecule has 2 rings (SSSR count). The second-order valence-corrected chi connectivity index (χ2v) is 5.31. The van der Waals surface area contributed by atoms with Gasteiger partial charge >= 0.3 is 0 Å². The Morgan fingerprint density at radius 3 is 2.52 bits per heavy atom. The fourth-order valence-corrected chi connectivity index (χ4v) is 2.08. The second-order valence-electron chi connectivity index (χ2n) is 4.49. The molecule has 110 valence electrons. The summed E-state index contributed by atoms with van der Waals surface area (Å²) in [7, 11) is 1.52. The van der Waals surface area contributed by atoms with Gasteiger partial charge in [0.05, 0.1) is 10.0 Å². The third-order valence-corrected chi connectivity index (χ3v) is 3.79. The van der Waals surface area contributed by atoms with Crippen molar-refractivity contribution in [1.29, 1.82) is 0 Å². The molecule has 0 atom stereocenters. The van der Waals surface area contributed by atoms with Crippen molar-refractivity contribution >= 4 is 34.8 Å². The molecule has 0 aliphatic heterocycles. The molecule has 2 aromatic rings. The van der Waals surface area contributed by atoms with E-state index in [-0.39, 0.29) is 16.3 Å². The van der Waals surface area contributed by atoms with E-state index in [9.17, 15) is 14.7 Å². The SMILES string of the molecule is Cc1cc(O)c(C(=O)Nc2ccc(Cl)c(Cl)c2)c(=O)n1C. The van der Waals surface area contributed by atoms with Crippen molar-refractivity contribution in [2.45, 2.75) is 6.92 Å². The van der Waals surface area contributed by atoms with E-state index in [0.29, 0.717) is 16.4 Å². The molecule has 0 radical (unpaired) electrons. The third kappa shape index (κ3) is 3.04. The Hall–Kier alpha value is -1.98. The molecule has 0 unspecified atom stereocenters. The molecule has 21 heavy (non-hydrogen) atoms. The molecular formula is C14H12Cl2N2O3. The Balaban J connectivity index is 2.39. The maximum Gasteiger partial charge on any atom is 0.267 e. The van der Waals surface area contributed by atoms with E-state index in [2.05, 4.69) is 5.32 Å². The standard InChI is InChI=1S/C14H12Cl2N2O3/c1-7-5-11(19)12(14(21)18(7)2)13(20)17-8-3-4-9(15)10(16)6-8/h3-6,19H,1-2H3,(H,17,20). The van der Waals surface area contributed by atoms with Crippen molar-refractivity contribution in [3.05, 3.63) is 55.9 Å². The van der Waals surface area contributed by atoms with Gasteiger partial charge in [0, 0.05) is 24.5 Å². The largest absolute Gasteiger partial charge is 0.507 e. The summed E-state index contributed by atoms with van der Waals surface area (Å²) >= 11 is 11.6. The topological polar surface area (TPSA) is 71.3 Å². The molecular weight excluding hydrogens is 315 g/mol. The predicted molar refractivity (Wildman–Crippen MR) is 82.5 cm³/mol. The minimum Gasteiger partial charge on any atom is -0.507 e. The Bertz CT molecular complexity index is 785. The lowest BCUT2D eigenvalue weighted by atomic mass is 10.2. The van der Waals surface area contributed by atoms with Crippen LogP contribution in [-0.2, 0) is 7.05 Å². The van der Waals surface area contributed by atoms with Gasteiger partial charge in [0.2, 0.25) is 0 Å². The molecule has 0 aliphatic carbocycles. The second kappa shape index (κ2) is 5.79. The fraction of sp³-hybridized carbons (Fsp3) is 0.143. The lowest BCUT2D eigenvalue weighted by molar-refractivity contribution is 0.102. The number of halogens is 2. The smallest absolute Gasteiger partial charge is 0.267 e. The van der Waals surface area contributed by atoms with Crippen LogP contribution in [0.3, 0.4) is 0 Å². The van der Waals surface area contributed by atoms with Crippen molar-refractivity contribution in [1.82, 2.24) is 4.57 Å². The van der Waals surface area contributed by atoms with Crippen LogP contribution in [0.15, 0.2) is 29.1 Å². The summed E-state index contributed by atoms with van der Waals surface area (Å²) in [5.74, 6) is -1.08. The minimum atomic E-state index is -0.716. The summed E-state index contributed by atoms with van der Waals surface area (Å²) in [6, 6.07) is 5.87. The molecule has 1 aromatic carbocycles. The summed E-state index contributed by atoms with van der Waals surface area (Å²) in [5.41, 5.74) is 0.0132. The average molecular weight is 327 g/mol. The number of pyridine rings is 1. The van der Waals surface area contributed by atoms with Gasteiger partial charge in [-0.05, 0) is 25.1 Å². The van der Waals surface area contributed by atoms with E-state index in [4.69, 9.17) is 23.2 Å². The maximum absolute atomic E-state index is 12.2. The van der Waals surface area contributed by atoms with Crippen LogP contribution in [0.25, 0.3) is 0 Å². The van der Waals surface area contributed by atoms with Crippen LogP contribution >= 0.6 is 23.2 Å². The molecule has 0 saturated carbocycles. The lowest BCUT2D eigenvalue weighted by Crippen LogP contribution is -2.28. The van der Waals surface area contributed by atoms with Gasteiger partial charge in [-0.25, -0.2) is 0 Å². The molecule has 1 aromatic heterocycles. The Labute approximate surface area is 130 Å². The highest BCUT2D eigenvalue weighted by Gasteiger charge is 2.18. The van der Waals surface area contributed by atoms with Crippen LogP contribution in [0, 0.1) is 6.92 Å². The fourth-order valence-electron chi connectivity index (χ4n) is 1.79. The molecule has 0 spiro atoms. The number of hydrogen-bond donors (Lipinski definition) is 2. The number of amides is 1. The number of nitrogens with zero attached hydrogens (tertiary/aromatic N) is 1. The predicted octanol–water partition coefficient (Wildman–Crippen LogP) is 2.96. The molecule has 0 bridgehead atoms. The van der Waals surface area contributed by atoms with E-state index < -0.39 is 11.5 Å². The number of rotatable bonds is 2. The van der Waals surface area contributed by atoms with Crippen molar-refractivity contribution in [3.8, 4) is 5.75 Å². The lowest BCUT2D eigenvalue weighted by Gasteiger charge is -2.10. The molecule has 5 nitrogen and oxygen atoms in total. The quantitative estimate of drug-likeness (QED) is 0.891. The molecule has 7 heteroatoms. The maximum atomic E-state index is 12.2. The molecule has 0 fully saturated rings. The normalized spacial score (nSPS) is 10.5. The highest BCUT2D eigenvalue weighted by atomic mass is 35.5. The van der Waals surface area contributed by atoms with E-state index in [0.717, 1.165) is 0 Å². The van der Waals surface area contributed by atoms with E-state index in [1.54, 1.807) is 13.0 Å². The minimum absolute atomic E-state index is 0.274. The highest BCUT2D eigenvalue weighted by molar-refractivity contribution is 6.42. The first-order valence-electron chi connectivity index (χ1n) is 5.97. The first-order valence-corrected chi connectivity index (χ1v) is 6.73. The zero-order valence-corrected chi connectivity index (χ0v) is 12.8. The van der Waals surface area contributed by atoms with Crippen LogP contribution in [0.5, 0.6) is 5.75 Å². The van der Waals surface area contributed by atoms with Gasteiger partial charge in [-0.3, -0.25) is 9.59 Å². The molecule has 1 heterocycles. The van der Waals surface area contributed by atoms with Gasteiger partial charge < -0.3 is 15.0 Å². The van der Waals surface area contributed by atoms with Gasteiger partial charge in [0.25, 0.3) is 11.5 Å². The van der Waals surface area contributed by atoms with Crippen molar-refractivity contribution in [3.63, 3.8) is 0 Å². The van der Waals surface area contributed by atoms with E-state index in [1.807, 2.05) is 0 Å². The first-order chi connectivity index (χ1) is 9.81. The number of carbonyl (C=O) groups is 1. The monoisotopic (exact) mass is 326 g/mol. The van der Waals surface area contributed by atoms with Crippen LogP contribution in [-0.4, -0.2) is 15.6 Å². The Kier molecular flexibility index (Phi) is 4.25. The number of carbonyl (C=O) groups excluding carboxylic acids is 1. The number of hydrogen-bond acceptors (Lipinski definition) is 3. The zero-order chi connectivity index (χ0) is 15.7. The summed E-state index contributed by atoms with van der Waals surface area (Å²) in [5, 5.41) is 12.9. The first kappa shape index (κ1) is 15.4. The number of aromatic nitrogens is 1. The van der Waals surface area contributed by atoms with Gasteiger partial charge in [-0.15, -0.1) is 0 Å². The third-order valence-electron chi connectivity index (χ3n) is 3.05. The van der Waals surface area contributed by atoms with Gasteiger partial charge in [0.1, 0.15) is 11.3 Å². The number of benzene rings is 1. The van der Waals surface area contributed by atoms with Crippen molar-refractivity contribution in [2.75, 3.05) is 5.32 Å². The number of aryl methyl sites for hydroxylation is 1. The van der Waals surface area contributed by atoms with Crippen LogP contribution in [0.1, 0.15) is 16.1 Å². The van der Waals surface area contributed by atoms with Gasteiger partial charge in [-0.2, -0.15) is 0 Å².